The molecule has 0 radical (unpaired) electrons. The molecule has 0 amide bonds. The van der Waals surface area contributed by atoms with Crippen molar-refractivity contribution >= 4 is 0 Å². The van der Waals surface area contributed by atoms with Crippen molar-refractivity contribution in [2.45, 2.75) is 19.4 Å². The number of hydrogen-bond donors (Lipinski definition) is 0. The average molecular weight is 123 g/mol. The Hall–Kier alpha value is -1.22. The lowest BCUT2D eigenvalue weighted by molar-refractivity contribution is 0.371. The molecule has 0 aliphatic carbocycles. The van der Waals surface area contributed by atoms with Crippen LogP contribution in [0, 0.1) is 22.8 Å². The number of rotatable bonds is 2. The Bertz CT molecular complexity index is 151. The van der Waals surface area contributed by atoms with Gasteiger partial charge in [-0.1, -0.05) is 0 Å². The van der Waals surface area contributed by atoms with Crippen LogP contribution < -0.4 is 0 Å². The summed E-state index contributed by atoms with van der Waals surface area (Å²) in [4.78, 5) is 1.46. The van der Waals surface area contributed by atoms with Gasteiger partial charge in [-0.2, -0.15) is 10.5 Å². The van der Waals surface area contributed by atoms with Gasteiger partial charge < -0.3 is 4.90 Å². The van der Waals surface area contributed by atoms with E-state index >= 15 is 0 Å². The second-order valence-corrected chi connectivity index (χ2v) is 1.92. The van der Waals surface area contributed by atoms with Crippen LogP contribution in [0.15, 0.2) is 0 Å². The molecular weight excluding hydrogens is 114 g/mol. The monoisotopic (exact) mass is 123 g/mol. The maximum absolute atomic E-state index is 8.30. The van der Waals surface area contributed by atoms with Gasteiger partial charge in [-0.25, -0.2) is 0 Å². The molecule has 1 unspecified atom stereocenters. The SMILES string of the molecule is CC(CC#N)N(C)C#N. The Labute approximate surface area is 55.1 Å². The lowest BCUT2D eigenvalue weighted by atomic mass is 10.2. The van der Waals surface area contributed by atoms with E-state index in [0.717, 1.165) is 0 Å². The summed E-state index contributed by atoms with van der Waals surface area (Å²) >= 11 is 0. The van der Waals surface area contributed by atoms with Crippen molar-refractivity contribution in [2.24, 2.45) is 0 Å². The van der Waals surface area contributed by atoms with Gasteiger partial charge in [0, 0.05) is 13.1 Å². The molecule has 0 aromatic carbocycles. The van der Waals surface area contributed by atoms with E-state index in [4.69, 9.17) is 10.5 Å². The first-order chi connectivity index (χ1) is 4.22. The molecule has 0 fully saturated rings. The van der Waals surface area contributed by atoms with Crippen LogP contribution in [0.3, 0.4) is 0 Å². The minimum Gasteiger partial charge on any atom is -0.310 e. The molecule has 0 aliphatic heterocycles. The predicted molar refractivity (Wildman–Crippen MR) is 33.1 cm³/mol. The highest BCUT2D eigenvalue weighted by Crippen LogP contribution is 1.96. The van der Waals surface area contributed by atoms with E-state index in [-0.39, 0.29) is 6.04 Å². The van der Waals surface area contributed by atoms with E-state index in [2.05, 4.69) is 0 Å². The van der Waals surface area contributed by atoms with Gasteiger partial charge >= 0.3 is 0 Å². The van der Waals surface area contributed by atoms with Gasteiger partial charge in [0.05, 0.1) is 12.5 Å². The lowest BCUT2D eigenvalue weighted by Crippen LogP contribution is -2.23. The van der Waals surface area contributed by atoms with Crippen LogP contribution in [0.1, 0.15) is 13.3 Å². The topological polar surface area (TPSA) is 50.8 Å². The summed E-state index contributed by atoms with van der Waals surface area (Å²) in [6.07, 6.45) is 2.34. The smallest absolute Gasteiger partial charge is 0.179 e. The third kappa shape index (κ3) is 2.56. The molecule has 0 rings (SSSR count). The Balaban J connectivity index is 3.65. The second-order valence-electron chi connectivity index (χ2n) is 1.92. The fraction of sp³-hybridized carbons (Fsp3) is 0.667. The van der Waals surface area contributed by atoms with Crippen LogP contribution in [-0.4, -0.2) is 18.0 Å². The van der Waals surface area contributed by atoms with Crippen molar-refractivity contribution in [3.8, 4) is 12.3 Å². The quantitative estimate of drug-likeness (QED) is 0.401. The standard InChI is InChI=1S/C6H9N3/c1-6(3-4-7)9(2)5-8/h6H,3H2,1-2H3. The van der Waals surface area contributed by atoms with E-state index in [1.165, 1.54) is 4.90 Å². The van der Waals surface area contributed by atoms with Gasteiger partial charge in [-0.05, 0) is 6.92 Å². The summed E-state index contributed by atoms with van der Waals surface area (Å²) in [5.74, 6) is 0. The molecule has 48 valence electrons. The van der Waals surface area contributed by atoms with E-state index in [9.17, 15) is 0 Å². The van der Waals surface area contributed by atoms with E-state index < -0.39 is 0 Å². The Morgan fingerprint density at radius 1 is 1.56 bits per heavy atom. The summed E-state index contributed by atoms with van der Waals surface area (Å²) in [5.41, 5.74) is 0. The summed E-state index contributed by atoms with van der Waals surface area (Å²) in [7, 11) is 1.67. The van der Waals surface area contributed by atoms with Crippen LogP contribution in [0.4, 0.5) is 0 Å². The van der Waals surface area contributed by atoms with Crippen LogP contribution in [0.25, 0.3) is 0 Å². The maximum atomic E-state index is 8.30. The summed E-state index contributed by atoms with van der Waals surface area (Å²) in [6, 6.07) is 2.03. The van der Waals surface area contributed by atoms with Gasteiger partial charge in [0.1, 0.15) is 0 Å². The molecule has 1 atom stereocenters. The minimum absolute atomic E-state index is 0.0417. The first kappa shape index (κ1) is 7.78. The second kappa shape index (κ2) is 3.74. The minimum atomic E-state index is 0.0417. The molecule has 0 aromatic heterocycles. The third-order valence-corrected chi connectivity index (χ3v) is 1.21. The summed E-state index contributed by atoms with van der Waals surface area (Å²) in [5, 5.41) is 16.5. The molecule has 0 saturated heterocycles. The van der Waals surface area contributed by atoms with Crippen LogP contribution >= 0.6 is 0 Å². The van der Waals surface area contributed by atoms with E-state index in [0.29, 0.717) is 6.42 Å². The first-order valence-corrected chi connectivity index (χ1v) is 2.72. The van der Waals surface area contributed by atoms with Gasteiger partial charge in [0.25, 0.3) is 0 Å². The first-order valence-electron chi connectivity index (χ1n) is 2.72. The average Bonchev–Trinajstić information content (AvgIpc) is 1.87. The van der Waals surface area contributed by atoms with Crippen molar-refractivity contribution in [1.29, 1.82) is 10.5 Å². The zero-order valence-electron chi connectivity index (χ0n) is 5.63. The van der Waals surface area contributed by atoms with E-state index in [1.807, 2.05) is 19.2 Å². The third-order valence-electron chi connectivity index (χ3n) is 1.21. The van der Waals surface area contributed by atoms with Crippen LogP contribution in [-0.2, 0) is 0 Å². The molecule has 0 aliphatic rings. The molecular formula is C6H9N3. The predicted octanol–water partition coefficient (Wildman–Crippen LogP) is 0.701. The highest BCUT2D eigenvalue weighted by molar-refractivity contribution is 4.83. The van der Waals surface area contributed by atoms with Crippen molar-refractivity contribution in [2.75, 3.05) is 7.05 Å². The number of hydrogen-bond acceptors (Lipinski definition) is 3. The number of nitrogens with zero attached hydrogens (tertiary/aromatic N) is 3. The van der Waals surface area contributed by atoms with Crippen molar-refractivity contribution in [1.82, 2.24) is 4.90 Å². The molecule has 3 nitrogen and oxygen atoms in total. The van der Waals surface area contributed by atoms with Crippen molar-refractivity contribution in [3.63, 3.8) is 0 Å². The molecule has 0 bridgehead atoms. The molecule has 0 aromatic rings. The zero-order chi connectivity index (χ0) is 7.28. The fourth-order valence-corrected chi connectivity index (χ4v) is 0.368. The Morgan fingerprint density at radius 3 is 2.44 bits per heavy atom. The molecule has 0 spiro atoms. The van der Waals surface area contributed by atoms with Gasteiger partial charge in [0.15, 0.2) is 6.19 Å². The summed E-state index contributed by atoms with van der Waals surface area (Å²) < 4.78 is 0. The van der Waals surface area contributed by atoms with Crippen molar-refractivity contribution < 1.29 is 0 Å². The summed E-state index contributed by atoms with van der Waals surface area (Å²) in [6.45, 7) is 1.84. The molecule has 0 N–H and O–H groups in total. The van der Waals surface area contributed by atoms with E-state index in [1.54, 1.807) is 7.05 Å². The highest BCUT2D eigenvalue weighted by atomic mass is 15.1. The van der Waals surface area contributed by atoms with Gasteiger partial charge in [-0.15, -0.1) is 0 Å². The van der Waals surface area contributed by atoms with Gasteiger partial charge in [0.2, 0.25) is 0 Å². The largest absolute Gasteiger partial charge is 0.310 e. The Kier molecular flexibility index (Phi) is 3.23. The molecule has 0 saturated carbocycles. The van der Waals surface area contributed by atoms with Crippen LogP contribution in [0.2, 0.25) is 0 Å². The molecule has 9 heavy (non-hydrogen) atoms. The molecule has 0 heterocycles. The Morgan fingerprint density at radius 2 is 2.11 bits per heavy atom. The van der Waals surface area contributed by atoms with Gasteiger partial charge in [-0.3, -0.25) is 0 Å². The normalized spacial score (nSPS) is 11.1. The fourth-order valence-electron chi connectivity index (χ4n) is 0.368. The van der Waals surface area contributed by atoms with Crippen LogP contribution in [0.5, 0.6) is 0 Å². The highest BCUT2D eigenvalue weighted by Gasteiger charge is 2.03. The molecule has 3 heteroatoms. The lowest BCUT2D eigenvalue weighted by Gasteiger charge is -2.13. The number of nitriles is 2. The van der Waals surface area contributed by atoms with Crippen molar-refractivity contribution in [3.05, 3.63) is 0 Å². The maximum Gasteiger partial charge on any atom is 0.179 e. The zero-order valence-corrected chi connectivity index (χ0v) is 5.63.